The Morgan fingerprint density at radius 1 is 1.32 bits per heavy atom. The van der Waals surface area contributed by atoms with Gasteiger partial charge in [0.25, 0.3) is 0 Å². The number of hydrogen-bond donors (Lipinski definition) is 1. The maximum absolute atomic E-state index is 12.4. The van der Waals surface area contributed by atoms with Crippen LogP contribution in [0.5, 0.6) is 0 Å². The van der Waals surface area contributed by atoms with Crippen LogP contribution < -0.4 is 5.32 Å². The number of rotatable bonds is 2. The summed E-state index contributed by atoms with van der Waals surface area (Å²) >= 11 is 0. The van der Waals surface area contributed by atoms with Crippen molar-refractivity contribution in [3.05, 3.63) is 35.4 Å². The molecule has 0 radical (unpaired) electrons. The molecule has 1 aromatic rings. The van der Waals surface area contributed by atoms with Crippen LogP contribution in [0.25, 0.3) is 0 Å². The molecule has 102 valence electrons. The van der Waals surface area contributed by atoms with Crippen molar-refractivity contribution < 1.29 is 4.79 Å². The molecule has 3 rings (SSSR count). The number of hydrogen-bond acceptors (Lipinski definition) is 2. The summed E-state index contributed by atoms with van der Waals surface area (Å²) in [4.78, 5) is 14.5. The monoisotopic (exact) mass is 258 g/mol. The van der Waals surface area contributed by atoms with Crippen molar-refractivity contribution in [3.8, 4) is 0 Å². The first-order valence-corrected chi connectivity index (χ1v) is 7.21. The Morgan fingerprint density at radius 3 is 2.74 bits per heavy atom. The van der Waals surface area contributed by atoms with Gasteiger partial charge in [-0.1, -0.05) is 29.8 Å². The lowest BCUT2D eigenvalue weighted by molar-refractivity contribution is -0.131. The normalized spacial score (nSPS) is 29.6. The fourth-order valence-electron chi connectivity index (χ4n) is 3.48. The highest BCUT2D eigenvalue weighted by Gasteiger charge is 2.43. The number of likely N-dealkylation sites (tertiary alicyclic amines) is 1. The fourth-order valence-corrected chi connectivity index (χ4v) is 3.48. The van der Waals surface area contributed by atoms with Gasteiger partial charge in [0, 0.05) is 25.7 Å². The minimum absolute atomic E-state index is 0.283. The van der Waals surface area contributed by atoms with E-state index in [-0.39, 0.29) is 5.91 Å². The van der Waals surface area contributed by atoms with E-state index >= 15 is 0 Å². The van der Waals surface area contributed by atoms with Crippen LogP contribution in [0.15, 0.2) is 24.3 Å². The van der Waals surface area contributed by atoms with Gasteiger partial charge in [-0.2, -0.15) is 0 Å². The third-order valence-electron chi connectivity index (χ3n) is 4.73. The number of aryl methyl sites for hydroxylation is 1. The van der Waals surface area contributed by atoms with Crippen molar-refractivity contribution >= 4 is 5.91 Å². The van der Waals surface area contributed by atoms with Crippen LogP contribution in [0.4, 0.5) is 0 Å². The number of nitrogens with one attached hydrogen (secondary N) is 1. The minimum atomic E-state index is 0.283. The predicted molar refractivity (Wildman–Crippen MR) is 75.9 cm³/mol. The molecule has 1 N–H and O–H groups in total. The van der Waals surface area contributed by atoms with Crippen LogP contribution in [0.3, 0.4) is 0 Å². The van der Waals surface area contributed by atoms with Gasteiger partial charge in [-0.15, -0.1) is 0 Å². The first-order valence-electron chi connectivity index (χ1n) is 7.21. The number of carbonyl (C=O) groups is 1. The molecular formula is C16H22N2O. The number of fused-ring (bicyclic) bond motifs is 1. The lowest BCUT2D eigenvalue weighted by Gasteiger charge is -2.24. The topological polar surface area (TPSA) is 32.3 Å². The SMILES string of the molecule is Cc1ccc(CC(=O)N2CC3CNCC3C2C)cc1. The molecule has 2 heterocycles. The molecule has 2 aliphatic rings. The van der Waals surface area contributed by atoms with E-state index in [1.165, 1.54) is 5.56 Å². The summed E-state index contributed by atoms with van der Waals surface area (Å²) in [6.07, 6.45) is 0.539. The molecule has 1 amide bonds. The van der Waals surface area contributed by atoms with Gasteiger partial charge in [-0.05, 0) is 31.2 Å². The average molecular weight is 258 g/mol. The summed E-state index contributed by atoms with van der Waals surface area (Å²) in [7, 11) is 0. The third-order valence-corrected chi connectivity index (χ3v) is 4.73. The highest BCUT2D eigenvalue weighted by Crippen LogP contribution is 2.32. The quantitative estimate of drug-likeness (QED) is 0.874. The smallest absolute Gasteiger partial charge is 0.227 e. The molecule has 19 heavy (non-hydrogen) atoms. The molecule has 3 unspecified atom stereocenters. The second-order valence-corrected chi connectivity index (χ2v) is 6.03. The summed E-state index contributed by atoms with van der Waals surface area (Å²) in [5.74, 6) is 1.60. The molecule has 0 spiro atoms. The Morgan fingerprint density at radius 2 is 2.05 bits per heavy atom. The summed E-state index contributed by atoms with van der Waals surface area (Å²) in [5, 5.41) is 3.43. The first-order chi connectivity index (χ1) is 9.15. The van der Waals surface area contributed by atoms with Crippen molar-refractivity contribution in [2.24, 2.45) is 11.8 Å². The molecule has 0 aromatic heterocycles. The predicted octanol–water partition coefficient (Wildman–Crippen LogP) is 1.60. The molecular weight excluding hydrogens is 236 g/mol. The molecule has 2 fully saturated rings. The standard InChI is InChI=1S/C16H22N2O/c1-11-3-5-13(6-4-11)7-16(19)18-10-14-8-17-9-15(14)12(18)2/h3-6,12,14-15,17H,7-10H2,1-2H3. The van der Waals surface area contributed by atoms with E-state index in [9.17, 15) is 4.79 Å². The van der Waals surface area contributed by atoms with Crippen LogP contribution in [0, 0.1) is 18.8 Å². The zero-order chi connectivity index (χ0) is 13.4. The largest absolute Gasteiger partial charge is 0.339 e. The molecule has 3 heteroatoms. The number of nitrogens with zero attached hydrogens (tertiary/aromatic N) is 1. The van der Waals surface area contributed by atoms with Crippen molar-refractivity contribution in [1.29, 1.82) is 0 Å². The third kappa shape index (κ3) is 2.39. The van der Waals surface area contributed by atoms with Gasteiger partial charge >= 0.3 is 0 Å². The highest BCUT2D eigenvalue weighted by atomic mass is 16.2. The van der Waals surface area contributed by atoms with Crippen LogP contribution in [0.2, 0.25) is 0 Å². The Hall–Kier alpha value is -1.35. The lowest BCUT2D eigenvalue weighted by atomic mass is 9.95. The van der Waals surface area contributed by atoms with Crippen molar-refractivity contribution in [2.45, 2.75) is 26.3 Å². The minimum Gasteiger partial charge on any atom is -0.339 e. The zero-order valence-corrected chi connectivity index (χ0v) is 11.7. The summed E-state index contributed by atoms with van der Waals surface area (Å²) in [6.45, 7) is 7.35. The fraction of sp³-hybridized carbons (Fsp3) is 0.562. The van der Waals surface area contributed by atoms with E-state index < -0.39 is 0 Å². The maximum atomic E-state index is 12.4. The van der Waals surface area contributed by atoms with E-state index in [0.717, 1.165) is 25.2 Å². The molecule has 3 nitrogen and oxygen atoms in total. The molecule has 2 saturated heterocycles. The van der Waals surface area contributed by atoms with Gasteiger partial charge in [-0.25, -0.2) is 0 Å². The molecule has 3 atom stereocenters. The Bertz CT molecular complexity index is 468. The van der Waals surface area contributed by atoms with Crippen LogP contribution in [-0.2, 0) is 11.2 Å². The van der Waals surface area contributed by atoms with E-state index in [4.69, 9.17) is 0 Å². The van der Waals surface area contributed by atoms with Crippen molar-refractivity contribution in [1.82, 2.24) is 10.2 Å². The molecule has 2 aliphatic heterocycles. The van der Waals surface area contributed by atoms with E-state index in [1.807, 2.05) is 0 Å². The van der Waals surface area contributed by atoms with Gasteiger partial charge in [0.1, 0.15) is 0 Å². The van der Waals surface area contributed by atoms with Gasteiger partial charge in [0.05, 0.1) is 6.42 Å². The Labute approximate surface area is 115 Å². The number of carbonyl (C=O) groups excluding carboxylic acids is 1. The molecule has 1 aromatic carbocycles. The summed E-state index contributed by atoms with van der Waals surface area (Å²) in [5.41, 5.74) is 2.37. The lowest BCUT2D eigenvalue weighted by Crippen LogP contribution is -2.38. The number of amides is 1. The summed E-state index contributed by atoms with van der Waals surface area (Å²) in [6, 6.07) is 8.67. The van der Waals surface area contributed by atoms with Crippen LogP contribution >= 0.6 is 0 Å². The van der Waals surface area contributed by atoms with E-state index in [0.29, 0.717) is 24.3 Å². The Kier molecular flexibility index (Phi) is 3.31. The average Bonchev–Trinajstić information content (AvgIpc) is 2.96. The Balaban J connectivity index is 1.66. The first kappa shape index (κ1) is 12.7. The molecule has 0 bridgehead atoms. The maximum Gasteiger partial charge on any atom is 0.227 e. The zero-order valence-electron chi connectivity index (χ0n) is 11.7. The molecule has 0 saturated carbocycles. The van der Waals surface area contributed by atoms with Crippen molar-refractivity contribution in [2.75, 3.05) is 19.6 Å². The number of benzene rings is 1. The van der Waals surface area contributed by atoms with Gasteiger partial charge in [0.2, 0.25) is 5.91 Å². The van der Waals surface area contributed by atoms with Crippen LogP contribution in [0.1, 0.15) is 18.1 Å². The van der Waals surface area contributed by atoms with Crippen LogP contribution in [-0.4, -0.2) is 36.5 Å². The van der Waals surface area contributed by atoms with Gasteiger partial charge < -0.3 is 10.2 Å². The van der Waals surface area contributed by atoms with E-state index in [2.05, 4.69) is 48.3 Å². The highest BCUT2D eigenvalue weighted by molar-refractivity contribution is 5.79. The van der Waals surface area contributed by atoms with E-state index in [1.54, 1.807) is 0 Å². The second kappa shape index (κ2) is 4.97. The second-order valence-electron chi connectivity index (χ2n) is 6.03. The molecule has 0 aliphatic carbocycles. The van der Waals surface area contributed by atoms with Gasteiger partial charge in [0.15, 0.2) is 0 Å². The van der Waals surface area contributed by atoms with Crippen molar-refractivity contribution in [3.63, 3.8) is 0 Å². The van der Waals surface area contributed by atoms with Gasteiger partial charge in [-0.3, -0.25) is 4.79 Å². The summed E-state index contributed by atoms with van der Waals surface area (Å²) < 4.78 is 0.